The summed E-state index contributed by atoms with van der Waals surface area (Å²) in [4.78, 5) is 17.0. The number of aromatic nitrogens is 1. The molecule has 16 heavy (non-hydrogen) atoms. The largest absolute Gasteiger partial charge is 0.348 e. The van der Waals surface area contributed by atoms with E-state index in [1.807, 2.05) is 13.1 Å². The molecule has 0 radical (unpaired) electrons. The summed E-state index contributed by atoms with van der Waals surface area (Å²) < 4.78 is 0. The first kappa shape index (κ1) is 13.1. The first-order valence-corrected chi connectivity index (χ1v) is 6.45. The van der Waals surface area contributed by atoms with Crippen molar-refractivity contribution in [2.24, 2.45) is 5.73 Å². The van der Waals surface area contributed by atoms with Crippen molar-refractivity contribution in [3.8, 4) is 0 Å². The SMILES string of the molecule is CCC[C@H](N)C(=O)NCc1ncc(CC)s1. The van der Waals surface area contributed by atoms with Gasteiger partial charge in [-0.15, -0.1) is 11.3 Å². The highest BCUT2D eigenvalue weighted by molar-refractivity contribution is 7.11. The van der Waals surface area contributed by atoms with Crippen molar-refractivity contribution < 1.29 is 4.79 Å². The topological polar surface area (TPSA) is 68.0 Å². The predicted octanol–water partition coefficient (Wildman–Crippen LogP) is 1.45. The summed E-state index contributed by atoms with van der Waals surface area (Å²) in [5, 5.41) is 3.74. The smallest absolute Gasteiger partial charge is 0.237 e. The molecule has 0 aliphatic heterocycles. The summed E-state index contributed by atoms with van der Waals surface area (Å²) in [6.45, 7) is 4.59. The molecule has 1 atom stereocenters. The van der Waals surface area contributed by atoms with Gasteiger partial charge in [-0.25, -0.2) is 4.98 Å². The molecule has 0 aromatic carbocycles. The number of carbonyl (C=O) groups excluding carboxylic acids is 1. The van der Waals surface area contributed by atoms with Crippen molar-refractivity contribution in [1.82, 2.24) is 10.3 Å². The zero-order chi connectivity index (χ0) is 12.0. The highest BCUT2D eigenvalue weighted by Crippen LogP contribution is 2.12. The van der Waals surface area contributed by atoms with Gasteiger partial charge in [-0.2, -0.15) is 0 Å². The molecule has 1 heterocycles. The van der Waals surface area contributed by atoms with Gasteiger partial charge in [0, 0.05) is 11.1 Å². The number of carbonyl (C=O) groups is 1. The van der Waals surface area contributed by atoms with E-state index >= 15 is 0 Å². The second kappa shape index (κ2) is 6.60. The van der Waals surface area contributed by atoms with Gasteiger partial charge in [0.15, 0.2) is 0 Å². The molecule has 90 valence electrons. The predicted molar refractivity (Wildman–Crippen MR) is 66.2 cm³/mol. The van der Waals surface area contributed by atoms with Gasteiger partial charge in [0.25, 0.3) is 0 Å². The molecular weight excluding hydrogens is 222 g/mol. The Morgan fingerprint density at radius 1 is 1.62 bits per heavy atom. The second-order valence-corrected chi connectivity index (χ2v) is 4.89. The molecular formula is C11H19N3OS. The maximum atomic E-state index is 11.5. The summed E-state index contributed by atoms with van der Waals surface area (Å²) in [5.74, 6) is -0.0879. The number of rotatable bonds is 6. The number of nitrogens with one attached hydrogen (secondary N) is 1. The van der Waals surface area contributed by atoms with Crippen molar-refractivity contribution in [2.75, 3.05) is 0 Å². The fraction of sp³-hybridized carbons (Fsp3) is 0.636. The third kappa shape index (κ3) is 3.90. The van der Waals surface area contributed by atoms with Crippen LogP contribution in [0.15, 0.2) is 6.20 Å². The molecule has 0 aliphatic carbocycles. The van der Waals surface area contributed by atoms with Crippen LogP contribution in [0, 0.1) is 0 Å². The highest BCUT2D eigenvalue weighted by atomic mass is 32.1. The molecule has 3 N–H and O–H groups in total. The number of hydrogen-bond donors (Lipinski definition) is 2. The first-order chi connectivity index (χ1) is 7.67. The molecule has 1 rings (SSSR count). The molecule has 0 bridgehead atoms. The van der Waals surface area contributed by atoms with Crippen molar-refractivity contribution >= 4 is 17.2 Å². The van der Waals surface area contributed by atoms with Crippen LogP contribution in [-0.2, 0) is 17.8 Å². The van der Waals surface area contributed by atoms with Crippen LogP contribution in [0.3, 0.4) is 0 Å². The van der Waals surface area contributed by atoms with Gasteiger partial charge in [-0.1, -0.05) is 20.3 Å². The van der Waals surface area contributed by atoms with Gasteiger partial charge in [-0.05, 0) is 12.8 Å². The van der Waals surface area contributed by atoms with E-state index in [-0.39, 0.29) is 5.91 Å². The number of thiazole rings is 1. The number of nitrogens with zero attached hydrogens (tertiary/aromatic N) is 1. The average Bonchev–Trinajstić information content (AvgIpc) is 2.74. The zero-order valence-electron chi connectivity index (χ0n) is 9.82. The van der Waals surface area contributed by atoms with Crippen LogP contribution in [-0.4, -0.2) is 16.9 Å². The molecule has 0 saturated carbocycles. The summed E-state index contributed by atoms with van der Waals surface area (Å²) in [6, 6.07) is -0.393. The Labute approximate surface area is 100 Å². The molecule has 5 heteroatoms. The van der Waals surface area contributed by atoms with Crippen LogP contribution >= 0.6 is 11.3 Å². The van der Waals surface area contributed by atoms with Crippen LogP contribution in [0.1, 0.15) is 36.6 Å². The van der Waals surface area contributed by atoms with Crippen LogP contribution in [0.4, 0.5) is 0 Å². The van der Waals surface area contributed by atoms with E-state index in [0.29, 0.717) is 6.54 Å². The average molecular weight is 241 g/mol. The molecule has 1 aromatic heterocycles. The van der Waals surface area contributed by atoms with Crippen LogP contribution in [0.2, 0.25) is 0 Å². The molecule has 0 aliphatic rings. The highest BCUT2D eigenvalue weighted by Gasteiger charge is 2.12. The van der Waals surface area contributed by atoms with Gasteiger partial charge in [0.1, 0.15) is 5.01 Å². The van der Waals surface area contributed by atoms with Crippen molar-refractivity contribution in [3.63, 3.8) is 0 Å². The molecule has 1 aromatic rings. The van der Waals surface area contributed by atoms with E-state index in [1.165, 1.54) is 4.88 Å². The van der Waals surface area contributed by atoms with E-state index in [0.717, 1.165) is 24.3 Å². The molecule has 0 spiro atoms. The Hall–Kier alpha value is -0.940. The summed E-state index contributed by atoms with van der Waals surface area (Å²) in [7, 11) is 0. The quantitative estimate of drug-likeness (QED) is 0.792. The summed E-state index contributed by atoms with van der Waals surface area (Å²) >= 11 is 1.63. The van der Waals surface area contributed by atoms with Crippen LogP contribution < -0.4 is 11.1 Å². The van der Waals surface area contributed by atoms with Gasteiger partial charge >= 0.3 is 0 Å². The Balaban J connectivity index is 2.36. The lowest BCUT2D eigenvalue weighted by Crippen LogP contribution is -2.40. The zero-order valence-corrected chi connectivity index (χ0v) is 10.6. The standard InChI is InChI=1S/C11H19N3OS/c1-3-5-9(12)11(15)14-7-10-13-6-8(4-2)16-10/h6,9H,3-5,7,12H2,1-2H3,(H,14,15)/t9-/m0/s1. The van der Waals surface area contributed by atoms with Crippen molar-refractivity contribution in [1.29, 1.82) is 0 Å². The third-order valence-electron chi connectivity index (χ3n) is 2.30. The lowest BCUT2D eigenvalue weighted by Gasteiger charge is -2.09. The van der Waals surface area contributed by atoms with Crippen LogP contribution in [0.5, 0.6) is 0 Å². The monoisotopic (exact) mass is 241 g/mol. The minimum atomic E-state index is -0.393. The molecule has 0 fully saturated rings. The number of aryl methyl sites for hydroxylation is 1. The number of nitrogens with two attached hydrogens (primary N) is 1. The maximum Gasteiger partial charge on any atom is 0.237 e. The molecule has 1 amide bonds. The minimum absolute atomic E-state index is 0.0879. The van der Waals surface area contributed by atoms with E-state index in [9.17, 15) is 4.79 Å². The Bertz CT molecular complexity index is 338. The normalized spacial score (nSPS) is 12.4. The Morgan fingerprint density at radius 2 is 2.38 bits per heavy atom. The van der Waals surface area contributed by atoms with Crippen LogP contribution in [0.25, 0.3) is 0 Å². The Kier molecular flexibility index (Phi) is 5.42. The molecule has 0 unspecified atom stereocenters. The third-order valence-corrected chi connectivity index (χ3v) is 3.44. The van der Waals surface area contributed by atoms with E-state index in [1.54, 1.807) is 11.3 Å². The van der Waals surface area contributed by atoms with Gasteiger partial charge in [-0.3, -0.25) is 4.79 Å². The fourth-order valence-electron chi connectivity index (χ4n) is 1.33. The summed E-state index contributed by atoms with van der Waals surface area (Å²) in [5.41, 5.74) is 5.69. The molecule has 0 saturated heterocycles. The van der Waals surface area contributed by atoms with E-state index < -0.39 is 6.04 Å². The Morgan fingerprint density at radius 3 is 2.94 bits per heavy atom. The number of amides is 1. The van der Waals surface area contributed by atoms with Gasteiger partial charge in [0.2, 0.25) is 5.91 Å². The maximum absolute atomic E-state index is 11.5. The lowest BCUT2D eigenvalue weighted by atomic mass is 10.2. The second-order valence-electron chi connectivity index (χ2n) is 3.69. The van der Waals surface area contributed by atoms with Gasteiger partial charge < -0.3 is 11.1 Å². The summed E-state index contributed by atoms with van der Waals surface area (Å²) in [6.07, 6.45) is 4.49. The van der Waals surface area contributed by atoms with Crippen molar-refractivity contribution in [3.05, 3.63) is 16.1 Å². The fourth-order valence-corrected chi connectivity index (χ4v) is 2.13. The lowest BCUT2D eigenvalue weighted by molar-refractivity contribution is -0.122. The minimum Gasteiger partial charge on any atom is -0.348 e. The van der Waals surface area contributed by atoms with Gasteiger partial charge in [0.05, 0.1) is 12.6 Å². The van der Waals surface area contributed by atoms with Crippen molar-refractivity contribution in [2.45, 2.75) is 45.7 Å². The van der Waals surface area contributed by atoms with E-state index in [4.69, 9.17) is 5.73 Å². The molecule has 4 nitrogen and oxygen atoms in total. The van der Waals surface area contributed by atoms with E-state index in [2.05, 4.69) is 17.2 Å². The number of hydrogen-bond acceptors (Lipinski definition) is 4. The first-order valence-electron chi connectivity index (χ1n) is 5.64.